The monoisotopic (exact) mass is 318 g/mol. The average Bonchev–Trinajstić information content (AvgIpc) is 2.65. The Kier molecular flexibility index (Phi) is 6.35. The third-order valence-corrected chi connectivity index (χ3v) is 4.77. The average molecular weight is 318 g/mol. The van der Waals surface area contributed by atoms with E-state index in [2.05, 4.69) is 58.5 Å². The molecule has 1 aliphatic carbocycles. The van der Waals surface area contributed by atoms with E-state index in [4.69, 9.17) is 0 Å². The topological polar surface area (TPSA) is 24.7 Å². The molecule has 0 amide bonds. The van der Waals surface area contributed by atoms with Crippen LogP contribution in [0.25, 0.3) is 0 Å². The first kappa shape index (κ1) is 16.6. The van der Waals surface area contributed by atoms with Crippen molar-refractivity contribution in [1.29, 1.82) is 0 Å². The van der Waals surface area contributed by atoms with Crippen molar-refractivity contribution in [2.24, 2.45) is 21.8 Å². The molecule has 0 aromatic heterocycles. The Labute approximate surface area is 145 Å². The van der Waals surface area contributed by atoms with Crippen LogP contribution in [0.15, 0.2) is 70.6 Å². The Bertz CT molecular complexity index is 579. The molecule has 2 heteroatoms. The van der Waals surface area contributed by atoms with E-state index in [0.29, 0.717) is 0 Å². The number of rotatable bonds is 6. The third kappa shape index (κ3) is 5.45. The van der Waals surface area contributed by atoms with Gasteiger partial charge in [-0.2, -0.15) is 0 Å². The fraction of sp³-hybridized carbons (Fsp3) is 0.364. The molecule has 0 unspecified atom stereocenters. The highest BCUT2D eigenvalue weighted by Crippen LogP contribution is 2.29. The van der Waals surface area contributed by atoms with Gasteiger partial charge in [0.15, 0.2) is 0 Å². The molecule has 0 atom stereocenters. The molecule has 24 heavy (non-hydrogen) atoms. The first-order valence-corrected chi connectivity index (χ1v) is 9.00. The van der Waals surface area contributed by atoms with Gasteiger partial charge < -0.3 is 0 Å². The lowest BCUT2D eigenvalue weighted by molar-refractivity contribution is 0.286. The Hall–Kier alpha value is -2.22. The highest BCUT2D eigenvalue weighted by molar-refractivity contribution is 5.79. The largest absolute Gasteiger partial charge is 0.292 e. The molecule has 1 aliphatic rings. The maximum atomic E-state index is 4.64. The SMILES string of the molecule is C(=NCC1CCC(CN=Cc2ccccc2)CC1)c1ccccc1. The fourth-order valence-electron chi connectivity index (χ4n) is 3.29. The van der Waals surface area contributed by atoms with E-state index >= 15 is 0 Å². The van der Waals surface area contributed by atoms with Crippen molar-refractivity contribution in [3.05, 3.63) is 71.8 Å². The highest BCUT2D eigenvalue weighted by atomic mass is 14.7. The minimum atomic E-state index is 0.749. The summed E-state index contributed by atoms with van der Waals surface area (Å²) in [6.45, 7) is 1.93. The van der Waals surface area contributed by atoms with Gasteiger partial charge in [0.25, 0.3) is 0 Å². The number of hydrogen-bond acceptors (Lipinski definition) is 2. The van der Waals surface area contributed by atoms with Crippen LogP contribution < -0.4 is 0 Å². The highest BCUT2D eigenvalue weighted by Gasteiger charge is 2.20. The standard InChI is InChI=1S/C22H26N2/c1-3-7-19(8-4-1)15-23-17-21-11-13-22(14-12-21)18-24-16-20-9-5-2-6-10-20/h1-10,15-16,21-22H,11-14,17-18H2. The summed E-state index contributed by atoms with van der Waals surface area (Å²) >= 11 is 0. The summed E-state index contributed by atoms with van der Waals surface area (Å²) in [4.78, 5) is 9.28. The van der Waals surface area contributed by atoms with Crippen molar-refractivity contribution in [3.8, 4) is 0 Å². The normalized spacial score (nSPS) is 21.5. The van der Waals surface area contributed by atoms with E-state index in [-0.39, 0.29) is 0 Å². The third-order valence-electron chi connectivity index (χ3n) is 4.77. The molecule has 0 bridgehead atoms. The van der Waals surface area contributed by atoms with E-state index < -0.39 is 0 Å². The molecular formula is C22H26N2. The van der Waals surface area contributed by atoms with Crippen LogP contribution in [-0.2, 0) is 0 Å². The van der Waals surface area contributed by atoms with E-state index in [1.807, 2.05) is 24.6 Å². The molecule has 0 aliphatic heterocycles. The molecule has 0 saturated heterocycles. The smallest absolute Gasteiger partial charge is 0.0417 e. The first-order valence-electron chi connectivity index (χ1n) is 9.00. The number of benzene rings is 2. The van der Waals surface area contributed by atoms with Crippen LogP contribution in [0.2, 0.25) is 0 Å². The summed E-state index contributed by atoms with van der Waals surface area (Å²) in [5, 5.41) is 0. The molecule has 2 nitrogen and oxygen atoms in total. The van der Waals surface area contributed by atoms with Gasteiger partial charge >= 0.3 is 0 Å². The van der Waals surface area contributed by atoms with E-state index in [9.17, 15) is 0 Å². The van der Waals surface area contributed by atoms with Crippen LogP contribution in [0.3, 0.4) is 0 Å². The molecule has 0 spiro atoms. The molecule has 3 rings (SSSR count). The van der Waals surface area contributed by atoms with Crippen LogP contribution in [0.4, 0.5) is 0 Å². The summed E-state index contributed by atoms with van der Waals surface area (Å²) in [6, 6.07) is 20.7. The fourth-order valence-corrected chi connectivity index (χ4v) is 3.29. The van der Waals surface area contributed by atoms with Crippen molar-refractivity contribution in [3.63, 3.8) is 0 Å². The van der Waals surface area contributed by atoms with Gasteiger partial charge in [-0.25, -0.2) is 0 Å². The molecule has 0 radical (unpaired) electrons. The van der Waals surface area contributed by atoms with Crippen molar-refractivity contribution >= 4 is 12.4 Å². The van der Waals surface area contributed by atoms with Crippen LogP contribution in [0.5, 0.6) is 0 Å². The summed E-state index contributed by atoms with van der Waals surface area (Å²) in [5.74, 6) is 1.50. The summed E-state index contributed by atoms with van der Waals surface area (Å²) in [5.41, 5.74) is 2.39. The zero-order valence-corrected chi connectivity index (χ0v) is 14.2. The van der Waals surface area contributed by atoms with E-state index in [0.717, 1.165) is 24.9 Å². The Balaban J connectivity index is 1.36. The first-order chi connectivity index (χ1) is 11.9. The quantitative estimate of drug-likeness (QED) is 0.667. The number of nitrogens with zero attached hydrogens (tertiary/aromatic N) is 2. The van der Waals surface area contributed by atoms with E-state index in [1.54, 1.807) is 0 Å². The molecule has 1 fully saturated rings. The van der Waals surface area contributed by atoms with Crippen molar-refractivity contribution in [2.45, 2.75) is 25.7 Å². The molecule has 0 N–H and O–H groups in total. The minimum absolute atomic E-state index is 0.749. The van der Waals surface area contributed by atoms with Crippen LogP contribution >= 0.6 is 0 Å². The van der Waals surface area contributed by atoms with Crippen molar-refractivity contribution in [2.75, 3.05) is 13.1 Å². The maximum absolute atomic E-state index is 4.64. The van der Waals surface area contributed by atoms with Crippen LogP contribution in [0, 0.1) is 11.8 Å². The van der Waals surface area contributed by atoms with Crippen molar-refractivity contribution in [1.82, 2.24) is 0 Å². The van der Waals surface area contributed by atoms with Crippen LogP contribution in [-0.4, -0.2) is 25.5 Å². The molecule has 2 aromatic carbocycles. The van der Waals surface area contributed by atoms with Crippen LogP contribution in [0.1, 0.15) is 36.8 Å². The molecule has 124 valence electrons. The Morgan fingerprint density at radius 2 is 1.00 bits per heavy atom. The Morgan fingerprint density at radius 1 is 0.625 bits per heavy atom. The van der Waals surface area contributed by atoms with Gasteiger partial charge in [0.05, 0.1) is 0 Å². The van der Waals surface area contributed by atoms with Gasteiger partial charge in [-0.1, -0.05) is 60.7 Å². The molecular weight excluding hydrogens is 292 g/mol. The van der Waals surface area contributed by atoms with Gasteiger partial charge in [-0.05, 0) is 48.6 Å². The van der Waals surface area contributed by atoms with Gasteiger partial charge in [0.1, 0.15) is 0 Å². The van der Waals surface area contributed by atoms with Gasteiger partial charge in [0, 0.05) is 25.5 Å². The molecule has 0 heterocycles. The number of hydrogen-bond donors (Lipinski definition) is 0. The summed E-state index contributed by atoms with van der Waals surface area (Å²) < 4.78 is 0. The summed E-state index contributed by atoms with van der Waals surface area (Å²) in [6.07, 6.45) is 9.18. The van der Waals surface area contributed by atoms with Gasteiger partial charge in [-0.15, -0.1) is 0 Å². The predicted octanol–water partition coefficient (Wildman–Crippen LogP) is 5.03. The zero-order chi connectivity index (χ0) is 16.5. The minimum Gasteiger partial charge on any atom is -0.292 e. The number of aliphatic imine (C=N–C) groups is 2. The second-order valence-corrected chi connectivity index (χ2v) is 6.70. The molecule has 2 aromatic rings. The molecule has 1 saturated carbocycles. The summed E-state index contributed by atoms with van der Waals surface area (Å²) in [7, 11) is 0. The lowest BCUT2D eigenvalue weighted by atomic mass is 9.82. The lowest BCUT2D eigenvalue weighted by Gasteiger charge is -2.26. The maximum Gasteiger partial charge on any atom is 0.0417 e. The van der Waals surface area contributed by atoms with E-state index in [1.165, 1.54) is 36.8 Å². The predicted molar refractivity (Wildman–Crippen MR) is 103 cm³/mol. The van der Waals surface area contributed by atoms with Gasteiger partial charge in [0.2, 0.25) is 0 Å². The second kappa shape index (κ2) is 9.17. The van der Waals surface area contributed by atoms with Crippen molar-refractivity contribution < 1.29 is 0 Å². The van der Waals surface area contributed by atoms with Gasteiger partial charge in [-0.3, -0.25) is 9.98 Å². The Morgan fingerprint density at radius 3 is 1.38 bits per heavy atom. The second-order valence-electron chi connectivity index (χ2n) is 6.70. The lowest BCUT2D eigenvalue weighted by Crippen LogP contribution is -2.18. The zero-order valence-electron chi connectivity index (χ0n) is 14.2.